The minimum absolute atomic E-state index is 0.226. The highest BCUT2D eigenvalue weighted by molar-refractivity contribution is 5.52. The fraction of sp³-hybridized carbons (Fsp3) is 0.250. The molecule has 24 heavy (non-hydrogen) atoms. The van der Waals surface area contributed by atoms with Gasteiger partial charge < -0.3 is 14.8 Å². The first kappa shape index (κ1) is 17.0. The summed E-state index contributed by atoms with van der Waals surface area (Å²) in [6, 6.07) is 9.62. The molecule has 0 aliphatic carbocycles. The first-order chi connectivity index (χ1) is 11.5. The molecule has 2 aromatic rings. The molecule has 1 aromatic carbocycles. The van der Waals surface area contributed by atoms with Crippen molar-refractivity contribution in [2.24, 2.45) is 0 Å². The molecule has 1 aromatic heterocycles. The van der Waals surface area contributed by atoms with E-state index in [9.17, 15) is 10.1 Å². The lowest BCUT2D eigenvalue weighted by molar-refractivity contribution is -0.385. The van der Waals surface area contributed by atoms with E-state index < -0.39 is 4.92 Å². The van der Waals surface area contributed by atoms with Gasteiger partial charge in [0.25, 0.3) is 0 Å². The number of anilines is 1. The molecule has 0 bridgehead atoms. The number of nitriles is 1. The van der Waals surface area contributed by atoms with E-state index >= 15 is 0 Å². The summed E-state index contributed by atoms with van der Waals surface area (Å²) in [5, 5.41) is 23.0. The number of rotatable bonds is 6. The lowest BCUT2D eigenvalue weighted by Gasteiger charge is -2.18. The molecule has 0 saturated carbocycles. The van der Waals surface area contributed by atoms with Crippen LogP contribution in [0.15, 0.2) is 30.3 Å². The van der Waals surface area contributed by atoms with E-state index in [1.54, 1.807) is 32.4 Å². The molecule has 0 radical (unpaired) electrons. The fourth-order valence-corrected chi connectivity index (χ4v) is 2.24. The number of methoxy groups -OCH3 is 2. The van der Waals surface area contributed by atoms with E-state index in [2.05, 4.69) is 10.3 Å². The molecule has 8 nitrogen and oxygen atoms in total. The molecule has 2 rings (SSSR count). The number of hydrogen-bond acceptors (Lipinski definition) is 7. The molecule has 0 aliphatic rings. The highest BCUT2D eigenvalue weighted by atomic mass is 16.6. The van der Waals surface area contributed by atoms with Gasteiger partial charge >= 0.3 is 5.69 Å². The molecule has 0 saturated heterocycles. The summed E-state index contributed by atoms with van der Waals surface area (Å²) in [5.74, 6) is 1.70. The first-order valence-electron chi connectivity index (χ1n) is 7.04. The van der Waals surface area contributed by atoms with Gasteiger partial charge in [0.1, 0.15) is 23.4 Å². The van der Waals surface area contributed by atoms with Gasteiger partial charge in [0.2, 0.25) is 5.69 Å². The normalized spacial score (nSPS) is 11.2. The zero-order chi connectivity index (χ0) is 17.7. The van der Waals surface area contributed by atoms with E-state index in [4.69, 9.17) is 14.7 Å². The second-order valence-corrected chi connectivity index (χ2v) is 4.91. The number of nitro groups is 1. The highest BCUT2D eigenvalue weighted by Gasteiger charge is 2.18. The number of hydrogen-bond donors (Lipinski definition) is 1. The molecule has 0 spiro atoms. The van der Waals surface area contributed by atoms with Gasteiger partial charge in [-0.15, -0.1) is 0 Å². The van der Waals surface area contributed by atoms with Crippen LogP contribution in [0.4, 0.5) is 11.5 Å². The summed E-state index contributed by atoms with van der Waals surface area (Å²) in [6.07, 6.45) is 0. The predicted molar refractivity (Wildman–Crippen MR) is 87.2 cm³/mol. The van der Waals surface area contributed by atoms with Crippen molar-refractivity contribution in [1.29, 1.82) is 5.26 Å². The van der Waals surface area contributed by atoms with E-state index in [1.165, 1.54) is 12.1 Å². The molecule has 1 N–H and O–H groups in total. The van der Waals surface area contributed by atoms with Crippen molar-refractivity contribution < 1.29 is 14.4 Å². The number of pyridine rings is 1. The maximum Gasteiger partial charge on any atom is 0.305 e. The number of nitrogens with one attached hydrogen (secondary N) is 1. The molecular weight excluding hydrogens is 312 g/mol. The van der Waals surface area contributed by atoms with Gasteiger partial charge in [-0.05, 0) is 31.2 Å². The van der Waals surface area contributed by atoms with Crippen LogP contribution in [0, 0.1) is 21.4 Å². The van der Waals surface area contributed by atoms with Gasteiger partial charge in [0, 0.05) is 11.6 Å². The van der Waals surface area contributed by atoms with Gasteiger partial charge in [0.05, 0.1) is 25.2 Å². The standard InChI is InChI=1S/C16H16N4O4/c1-10(12-8-11(23-2)4-6-15(12)24-3)18-16-7-5-14(20(21)22)13(9-17)19-16/h4-8,10H,1-3H3,(H,18,19). The minimum atomic E-state index is -0.635. The molecule has 1 heterocycles. The van der Waals surface area contributed by atoms with Crippen LogP contribution in [0.5, 0.6) is 11.5 Å². The SMILES string of the molecule is COc1ccc(OC)c(C(C)Nc2ccc([N+](=O)[O-])c(C#N)n2)c1. The summed E-state index contributed by atoms with van der Waals surface area (Å²) in [4.78, 5) is 14.2. The molecule has 1 atom stereocenters. The number of nitrogens with zero attached hydrogens (tertiary/aromatic N) is 3. The van der Waals surface area contributed by atoms with Crippen LogP contribution in [0.25, 0.3) is 0 Å². The quantitative estimate of drug-likeness (QED) is 0.641. The number of aromatic nitrogens is 1. The monoisotopic (exact) mass is 328 g/mol. The average Bonchev–Trinajstić information content (AvgIpc) is 2.60. The van der Waals surface area contributed by atoms with Crippen LogP contribution in [-0.4, -0.2) is 24.1 Å². The molecule has 8 heteroatoms. The summed E-state index contributed by atoms with van der Waals surface area (Å²) in [6.45, 7) is 1.88. The summed E-state index contributed by atoms with van der Waals surface area (Å²) in [5.41, 5.74) is 0.264. The Morgan fingerprint density at radius 2 is 2.04 bits per heavy atom. The lowest BCUT2D eigenvalue weighted by atomic mass is 10.1. The molecule has 124 valence electrons. The topological polar surface area (TPSA) is 110 Å². The third-order valence-corrected chi connectivity index (χ3v) is 3.44. The predicted octanol–water partition coefficient (Wildman–Crippen LogP) is 3.05. The second-order valence-electron chi connectivity index (χ2n) is 4.91. The molecule has 0 aliphatic heterocycles. The van der Waals surface area contributed by atoms with E-state index in [1.807, 2.05) is 13.0 Å². The van der Waals surface area contributed by atoms with E-state index in [0.717, 1.165) is 5.56 Å². The van der Waals surface area contributed by atoms with Crippen molar-refractivity contribution in [2.45, 2.75) is 13.0 Å². The highest BCUT2D eigenvalue weighted by Crippen LogP contribution is 2.31. The third-order valence-electron chi connectivity index (χ3n) is 3.44. The number of ether oxygens (including phenoxy) is 2. The maximum absolute atomic E-state index is 10.9. The fourth-order valence-electron chi connectivity index (χ4n) is 2.24. The number of benzene rings is 1. The minimum Gasteiger partial charge on any atom is -0.497 e. The Balaban J connectivity index is 2.31. The summed E-state index contributed by atoms with van der Waals surface area (Å²) >= 11 is 0. The molecule has 1 unspecified atom stereocenters. The van der Waals surface area contributed by atoms with Crippen molar-refractivity contribution in [3.63, 3.8) is 0 Å². The van der Waals surface area contributed by atoms with Crippen LogP contribution < -0.4 is 14.8 Å². The Kier molecular flexibility index (Phi) is 5.16. The zero-order valence-corrected chi connectivity index (χ0v) is 13.4. The van der Waals surface area contributed by atoms with E-state index in [-0.39, 0.29) is 17.4 Å². The van der Waals surface area contributed by atoms with Crippen LogP contribution in [-0.2, 0) is 0 Å². The summed E-state index contributed by atoms with van der Waals surface area (Å²) < 4.78 is 10.6. The van der Waals surface area contributed by atoms with Gasteiger partial charge in [-0.3, -0.25) is 10.1 Å². The van der Waals surface area contributed by atoms with E-state index in [0.29, 0.717) is 17.3 Å². The zero-order valence-electron chi connectivity index (χ0n) is 13.4. The first-order valence-corrected chi connectivity index (χ1v) is 7.04. The second kappa shape index (κ2) is 7.28. The van der Waals surface area contributed by atoms with Crippen molar-refractivity contribution in [3.8, 4) is 17.6 Å². The molecule has 0 fully saturated rings. The Morgan fingerprint density at radius 1 is 1.29 bits per heavy atom. The Labute approximate surface area is 138 Å². The van der Waals surface area contributed by atoms with Crippen LogP contribution in [0.2, 0.25) is 0 Å². The van der Waals surface area contributed by atoms with Crippen molar-refractivity contribution >= 4 is 11.5 Å². The molecule has 0 amide bonds. The molecular formula is C16H16N4O4. The van der Waals surface area contributed by atoms with Crippen LogP contribution in [0.3, 0.4) is 0 Å². The van der Waals surface area contributed by atoms with Crippen molar-refractivity contribution in [1.82, 2.24) is 4.98 Å². The third kappa shape index (κ3) is 3.52. The summed E-state index contributed by atoms with van der Waals surface area (Å²) in [7, 11) is 3.14. The van der Waals surface area contributed by atoms with Gasteiger partial charge in [-0.2, -0.15) is 5.26 Å². The Hall–Kier alpha value is -3.34. The van der Waals surface area contributed by atoms with Crippen LogP contribution >= 0.6 is 0 Å². The lowest BCUT2D eigenvalue weighted by Crippen LogP contribution is -2.10. The van der Waals surface area contributed by atoms with Crippen molar-refractivity contribution in [3.05, 3.63) is 51.7 Å². The van der Waals surface area contributed by atoms with Crippen LogP contribution in [0.1, 0.15) is 24.2 Å². The largest absolute Gasteiger partial charge is 0.497 e. The Bertz CT molecular complexity index is 801. The Morgan fingerprint density at radius 3 is 2.62 bits per heavy atom. The average molecular weight is 328 g/mol. The smallest absolute Gasteiger partial charge is 0.305 e. The van der Waals surface area contributed by atoms with Gasteiger partial charge in [-0.25, -0.2) is 4.98 Å². The maximum atomic E-state index is 10.9. The van der Waals surface area contributed by atoms with Gasteiger partial charge in [-0.1, -0.05) is 0 Å². The van der Waals surface area contributed by atoms with Gasteiger partial charge in [0.15, 0.2) is 0 Å². The van der Waals surface area contributed by atoms with Crippen molar-refractivity contribution in [2.75, 3.05) is 19.5 Å².